The third-order valence-electron chi connectivity index (χ3n) is 3.28. The number of rotatable bonds is 9. The second kappa shape index (κ2) is 9.39. The molecule has 0 unspecified atom stereocenters. The highest BCUT2D eigenvalue weighted by Gasteiger charge is 2.18. The molecule has 1 amide bonds. The van der Waals surface area contributed by atoms with E-state index < -0.39 is 10.0 Å². The minimum absolute atomic E-state index is 0.0313. The van der Waals surface area contributed by atoms with E-state index >= 15 is 0 Å². The van der Waals surface area contributed by atoms with E-state index in [4.69, 9.17) is 11.6 Å². The van der Waals surface area contributed by atoms with Crippen molar-refractivity contribution in [3.05, 3.63) is 29.3 Å². The van der Waals surface area contributed by atoms with E-state index in [-0.39, 0.29) is 23.8 Å². The van der Waals surface area contributed by atoms with Crippen molar-refractivity contribution in [3.63, 3.8) is 0 Å². The van der Waals surface area contributed by atoms with Crippen LogP contribution in [-0.2, 0) is 14.8 Å². The van der Waals surface area contributed by atoms with Gasteiger partial charge in [-0.3, -0.25) is 4.79 Å². The fourth-order valence-electron chi connectivity index (χ4n) is 2.31. The van der Waals surface area contributed by atoms with E-state index in [1.807, 2.05) is 4.90 Å². The zero-order valence-corrected chi connectivity index (χ0v) is 16.3. The van der Waals surface area contributed by atoms with Crippen LogP contribution >= 0.6 is 11.6 Å². The van der Waals surface area contributed by atoms with Crippen molar-refractivity contribution < 1.29 is 13.2 Å². The summed E-state index contributed by atoms with van der Waals surface area (Å²) >= 11 is 5.76. The number of amides is 1. The van der Waals surface area contributed by atoms with Crippen molar-refractivity contribution in [2.75, 3.05) is 19.6 Å². The molecule has 1 N–H and O–H groups in total. The second-order valence-corrected chi connectivity index (χ2v) is 8.89. The number of halogens is 1. The van der Waals surface area contributed by atoms with Gasteiger partial charge in [0.15, 0.2) is 0 Å². The Morgan fingerprint density at radius 1 is 1.08 bits per heavy atom. The van der Waals surface area contributed by atoms with Crippen molar-refractivity contribution in [2.24, 2.45) is 11.8 Å². The molecular formula is C17H27ClN2O3S. The molecule has 0 spiro atoms. The monoisotopic (exact) mass is 374 g/mol. The highest BCUT2D eigenvalue weighted by molar-refractivity contribution is 7.89. The Hall–Kier alpha value is -1.11. The van der Waals surface area contributed by atoms with E-state index in [0.29, 0.717) is 29.9 Å². The van der Waals surface area contributed by atoms with Crippen molar-refractivity contribution in [2.45, 2.75) is 39.0 Å². The van der Waals surface area contributed by atoms with E-state index in [1.54, 1.807) is 0 Å². The quantitative estimate of drug-likeness (QED) is 0.722. The molecule has 1 aromatic rings. The van der Waals surface area contributed by atoms with E-state index in [9.17, 15) is 13.2 Å². The normalized spacial score (nSPS) is 12.0. The highest BCUT2D eigenvalue weighted by atomic mass is 35.5. The zero-order chi connectivity index (χ0) is 18.3. The summed E-state index contributed by atoms with van der Waals surface area (Å²) in [6.45, 7) is 9.68. The number of nitrogens with zero attached hydrogens (tertiary/aromatic N) is 1. The Bertz CT molecular complexity index is 618. The number of carbonyl (C=O) groups is 1. The molecule has 5 nitrogen and oxygen atoms in total. The fourth-order valence-corrected chi connectivity index (χ4v) is 3.47. The van der Waals surface area contributed by atoms with Crippen LogP contribution in [0.3, 0.4) is 0 Å². The average molecular weight is 375 g/mol. The van der Waals surface area contributed by atoms with Gasteiger partial charge in [0.25, 0.3) is 0 Å². The van der Waals surface area contributed by atoms with Gasteiger partial charge in [-0.2, -0.15) is 0 Å². The molecule has 0 aromatic heterocycles. The van der Waals surface area contributed by atoms with Crippen LogP contribution < -0.4 is 4.72 Å². The van der Waals surface area contributed by atoms with Crippen molar-refractivity contribution in [3.8, 4) is 0 Å². The van der Waals surface area contributed by atoms with Gasteiger partial charge < -0.3 is 4.90 Å². The maximum Gasteiger partial charge on any atom is 0.240 e. The minimum atomic E-state index is -3.62. The largest absolute Gasteiger partial charge is 0.342 e. The third kappa shape index (κ3) is 7.20. The van der Waals surface area contributed by atoms with Crippen LogP contribution in [0.15, 0.2) is 29.2 Å². The summed E-state index contributed by atoms with van der Waals surface area (Å²) in [5.74, 6) is 0.716. The topological polar surface area (TPSA) is 66.5 Å². The first kappa shape index (κ1) is 20.9. The summed E-state index contributed by atoms with van der Waals surface area (Å²) in [6.07, 6.45) is 0.145. The summed E-state index contributed by atoms with van der Waals surface area (Å²) in [4.78, 5) is 14.3. The number of carbonyl (C=O) groups excluding carboxylic acids is 1. The number of hydrogen-bond acceptors (Lipinski definition) is 3. The maximum absolute atomic E-state index is 12.4. The first-order valence-electron chi connectivity index (χ1n) is 8.15. The highest BCUT2D eigenvalue weighted by Crippen LogP contribution is 2.14. The van der Waals surface area contributed by atoms with E-state index in [2.05, 4.69) is 32.4 Å². The maximum atomic E-state index is 12.4. The first-order chi connectivity index (χ1) is 11.1. The summed E-state index contributed by atoms with van der Waals surface area (Å²) < 4.78 is 26.8. The number of hydrogen-bond donors (Lipinski definition) is 1. The van der Waals surface area contributed by atoms with Gasteiger partial charge in [-0.25, -0.2) is 13.1 Å². The van der Waals surface area contributed by atoms with E-state index in [0.717, 1.165) is 0 Å². The predicted octanol–water partition coefficient (Wildman–Crippen LogP) is 3.15. The molecule has 7 heteroatoms. The van der Waals surface area contributed by atoms with Gasteiger partial charge in [0.1, 0.15) is 0 Å². The Morgan fingerprint density at radius 2 is 1.58 bits per heavy atom. The van der Waals surface area contributed by atoms with Crippen LogP contribution in [0.25, 0.3) is 0 Å². The number of benzene rings is 1. The SMILES string of the molecule is CC(C)CN(CC(C)C)C(=O)CCNS(=O)(=O)c1ccc(Cl)cc1. The molecule has 0 bridgehead atoms. The Balaban J connectivity index is 2.60. The summed E-state index contributed by atoms with van der Waals surface area (Å²) in [5, 5.41) is 0.474. The van der Waals surface area contributed by atoms with Gasteiger partial charge >= 0.3 is 0 Å². The average Bonchev–Trinajstić information content (AvgIpc) is 2.45. The summed E-state index contributed by atoms with van der Waals surface area (Å²) in [6, 6.07) is 5.93. The Morgan fingerprint density at radius 3 is 2.04 bits per heavy atom. The predicted molar refractivity (Wildman–Crippen MR) is 97.5 cm³/mol. The van der Waals surface area contributed by atoms with Crippen LogP contribution in [0.2, 0.25) is 5.02 Å². The third-order valence-corrected chi connectivity index (χ3v) is 5.01. The molecule has 1 aromatic carbocycles. The summed E-state index contributed by atoms with van der Waals surface area (Å²) in [5.41, 5.74) is 0. The summed E-state index contributed by atoms with van der Waals surface area (Å²) in [7, 11) is -3.62. The molecule has 24 heavy (non-hydrogen) atoms. The van der Waals surface area contributed by atoms with Crippen LogP contribution in [-0.4, -0.2) is 38.9 Å². The van der Waals surface area contributed by atoms with Gasteiger partial charge in [0.2, 0.25) is 15.9 Å². The van der Waals surface area contributed by atoms with Crippen molar-refractivity contribution >= 4 is 27.5 Å². The fraction of sp³-hybridized carbons (Fsp3) is 0.588. The molecule has 0 saturated carbocycles. The van der Waals surface area contributed by atoms with Crippen LogP contribution in [0.4, 0.5) is 0 Å². The molecule has 0 aliphatic carbocycles. The molecule has 0 aliphatic heterocycles. The lowest BCUT2D eigenvalue weighted by Crippen LogP contribution is -2.38. The minimum Gasteiger partial charge on any atom is -0.342 e. The lowest BCUT2D eigenvalue weighted by molar-refractivity contribution is -0.132. The molecule has 136 valence electrons. The van der Waals surface area contributed by atoms with E-state index in [1.165, 1.54) is 24.3 Å². The Kier molecular flexibility index (Phi) is 8.19. The van der Waals surface area contributed by atoms with Gasteiger partial charge in [-0.1, -0.05) is 39.3 Å². The molecule has 0 radical (unpaired) electrons. The van der Waals surface area contributed by atoms with Gasteiger partial charge in [-0.05, 0) is 36.1 Å². The standard InChI is InChI=1S/C17H27ClN2O3S/c1-13(2)11-20(12-14(3)4)17(21)9-10-19-24(22,23)16-7-5-15(18)6-8-16/h5-8,13-14,19H,9-12H2,1-4H3. The van der Waals surface area contributed by atoms with Gasteiger partial charge in [-0.15, -0.1) is 0 Å². The lowest BCUT2D eigenvalue weighted by atomic mass is 10.1. The van der Waals surface area contributed by atoms with Gasteiger partial charge in [0, 0.05) is 31.1 Å². The van der Waals surface area contributed by atoms with Crippen molar-refractivity contribution in [1.82, 2.24) is 9.62 Å². The van der Waals surface area contributed by atoms with Crippen LogP contribution in [0.1, 0.15) is 34.1 Å². The lowest BCUT2D eigenvalue weighted by Gasteiger charge is -2.26. The van der Waals surface area contributed by atoms with Crippen LogP contribution in [0.5, 0.6) is 0 Å². The zero-order valence-electron chi connectivity index (χ0n) is 14.8. The Labute approximate surface area is 150 Å². The molecule has 0 saturated heterocycles. The van der Waals surface area contributed by atoms with Crippen LogP contribution in [0, 0.1) is 11.8 Å². The molecule has 1 rings (SSSR count). The molecule has 0 aliphatic rings. The van der Waals surface area contributed by atoms with Crippen molar-refractivity contribution in [1.29, 1.82) is 0 Å². The number of nitrogens with one attached hydrogen (secondary N) is 1. The smallest absolute Gasteiger partial charge is 0.240 e. The molecule has 0 heterocycles. The molecular weight excluding hydrogens is 348 g/mol. The molecule has 0 fully saturated rings. The molecule has 0 atom stereocenters. The second-order valence-electron chi connectivity index (χ2n) is 6.69. The van der Waals surface area contributed by atoms with Gasteiger partial charge in [0.05, 0.1) is 4.90 Å². The number of sulfonamides is 1. The first-order valence-corrected chi connectivity index (χ1v) is 10.0.